The van der Waals surface area contributed by atoms with Crippen molar-refractivity contribution in [3.05, 3.63) is 46.8 Å². The average Bonchev–Trinajstić information content (AvgIpc) is 2.99. The van der Waals surface area contributed by atoms with Gasteiger partial charge < -0.3 is 23.5 Å². The quantitative estimate of drug-likeness (QED) is 0.353. The largest absolute Gasteiger partial charge is 0.493 e. The lowest BCUT2D eigenvalue weighted by Gasteiger charge is -2.10. The number of aromatic nitrogens is 1. The number of esters is 1. The Balaban J connectivity index is 2.04. The Morgan fingerprint density at radius 1 is 1.00 bits per heavy atom. The van der Waals surface area contributed by atoms with Gasteiger partial charge in [0.25, 0.3) is 0 Å². The van der Waals surface area contributed by atoms with Crippen molar-refractivity contribution in [2.24, 2.45) is 0 Å². The molecule has 0 atom stereocenters. The van der Waals surface area contributed by atoms with Gasteiger partial charge in [-0.25, -0.2) is 4.79 Å². The van der Waals surface area contributed by atoms with Crippen LogP contribution in [0, 0.1) is 13.8 Å². The third kappa shape index (κ3) is 4.92. The Kier molecular flexibility index (Phi) is 7.63. The number of methoxy groups -OCH3 is 3. The lowest BCUT2D eigenvalue weighted by Crippen LogP contribution is -2.15. The standard InChI is InChI=1S/C21H27NO6/c1-14-11-17(15(2)22(14)9-6-10-25-3)18(23)13-28-21(24)16-7-8-19(26-4)20(12-16)27-5/h7-8,11-12H,6,9-10,13H2,1-5H3. The van der Waals surface area contributed by atoms with Gasteiger partial charge in [0.1, 0.15) is 0 Å². The van der Waals surface area contributed by atoms with E-state index in [-0.39, 0.29) is 18.0 Å². The van der Waals surface area contributed by atoms with Crippen LogP contribution in [-0.2, 0) is 16.0 Å². The molecule has 152 valence electrons. The van der Waals surface area contributed by atoms with Gasteiger partial charge in [-0.2, -0.15) is 0 Å². The Hall–Kier alpha value is -2.80. The van der Waals surface area contributed by atoms with Crippen LogP contribution in [0.5, 0.6) is 11.5 Å². The molecule has 0 saturated carbocycles. The molecule has 1 aromatic heterocycles. The van der Waals surface area contributed by atoms with Crippen LogP contribution in [0.4, 0.5) is 0 Å². The molecule has 1 heterocycles. The third-order valence-electron chi connectivity index (χ3n) is 4.56. The van der Waals surface area contributed by atoms with Crippen molar-refractivity contribution < 1.29 is 28.5 Å². The third-order valence-corrected chi connectivity index (χ3v) is 4.56. The molecule has 2 rings (SSSR count). The Labute approximate surface area is 165 Å². The van der Waals surface area contributed by atoms with Crippen LogP contribution < -0.4 is 9.47 Å². The van der Waals surface area contributed by atoms with Gasteiger partial charge in [0.2, 0.25) is 5.78 Å². The number of carbonyl (C=O) groups excluding carboxylic acids is 2. The van der Waals surface area contributed by atoms with Crippen molar-refractivity contribution in [1.82, 2.24) is 4.57 Å². The molecule has 0 aliphatic rings. The predicted molar refractivity (Wildman–Crippen MR) is 105 cm³/mol. The van der Waals surface area contributed by atoms with Crippen LogP contribution in [0.2, 0.25) is 0 Å². The lowest BCUT2D eigenvalue weighted by atomic mass is 10.1. The SMILES string of the molecule is COCCCn1c(C)cc(C(=O)COC(=O)c2ccc(OC)c(OC)c2)c1C. The summed E-state index contributed by atoms with van der Waals surface area (Å²) in [4.78, 5) is 24.9. The summed E-state index contributed by atoms with van der Waals surface area (Å²) in [5, 5.41) is 0. The van der Waals surface area contributed by atoms with E-state index in [1.54, 1.807) is 19.2 Å². The molecule has 0 radical (unpaired) electrons. The molecule has 1 aromatic carbocycles. The van der Waals surface area contributed by atoms with Crippen LogP contribution >= 0.6 is 0 Å². The minimum atomic E-state index is -0.594. The van der Waals surface area contributed by atoms with E-state index in [1.807, 2.05) is 19.9 Å². The van der Waals surface area contributed by atoms with Gasteiger partial charge in [-0.05, 0) is 44.5 Å². The van der Waals surface area contributed by atoms with E-state index in [1.165, 1.54) is 20.3 Å². The highest BCUT2D eigenvalue weighted by atomic mass is 16.5. The molecular weight excluding hydrogens is 362 g/mol. The molecule has 0 spiro atoms. The Morgan fingerprint density at radius 2 is 1.71 bits per heavy atom. The number of ether oxygens (including phenoxy) is 4. The zero-order chi connectivity index (χ0) is 20.7. The molecular formula is C21H27NO6. The number of hydrogen-bond donors (Lipinski definition) is 0. The fraction of sp³-hybridized carbons (Fsp3) is 0.429. The second kappa shape index (κ2) is 9.94. The fourth-order valence-electron chi connectivity index (χ4n) is 3.05. The number of ketones is 1. The summed E-state index contributed by atoms with van der Waals surface area (Å²) in [7, 11) is 4.66. The fourth-order valence-corrected chi connectivity index (χ4v) is 3.05. The number of benzene rings is 1. The van der Waals surface area contributed by atoms with Gasteiger partial charge in [0.15, 0.2) is 18.1 Å². The molecule has 0 N–H and O–H groups in total. The van der Waals surface area contributed by atoms with Crippen LogP contribution in [0.3, 0.4) is 0 Å². The predicted octanol–water partition coefficient (Wildman–Crippen LogP) is 3.20. The van der Waals surface area contributed by atoms with Gasteiger partial charge >= 0.3 is 5.97 Å². The number of hydrogen-bond acceptors (Lipinski definition) is 6. The molecule has 28 heavy (non-hydrogen) atoms. The number of carbonyl (C=O) groups is 2. The molecule has 7 heteroatoms. The lowest BCUT2D eigenvalue weighted by molar-refractivity contribution is 0.0474. The number of aryl methyl sites for hydroxylation is 1. The van der Waals surface area contributed by atoms with Gasteiger partial charge in [-0.3, -0.25) is 4.79 Å². The minimum Gasteiger partial charge on any atom is -0.493 e. The number of nitrogens with zero attached hydrogens (tertiary/aromatic N) is 1. The van der Waals surface area contributed by atoms with Crippen LogP contribution in [-0.4, -0.2) is 50.9 Å². The van der Waals surface area contributed by atoms with E-state index in [4.69, 9.17) is 18.9 Å². The average molecular weight is 389 g/mol. The number of rotatable bonds is 10. The van der Waals surface area contributed by atoms with Crippen molar-refractivity contribution in [2.75, 3.05) is 34.5 Å². The summed E-state index contributed by atoms with van der Waals surface area (Å²) in [6.45, 7) is 4.94. The molecule has 0 amide bonds. The topological polar surface area (TPSA) is 76.0 Å². The second-order valence-corrected chi connectivity index (χ2v) is 6.35. The molecule has 7 nitrogen and oxygen atoms in total. The van der Waals surface area contributed by atoms with Gasteiger partial charge in [0.05, 0.1) is 19.8 Å². The summed E-state index contributed by atoms with van der Waals surface area (Å²) < 4.78 is 22.7. The first-order valence-electron chi connectivity index (χ1n) is 9.01. The molecule has 0 bridgehead atoms. The van der Waals surface area contributed by atoms with Gasteiger partial charge in [-0.15, -0.1) is 0 Å². The zero-order valence-electron chi connectivity index (χ0n) is 17.0. The van der Waals surface area contributed by atoms with Gasteiger partial charge in [0, 0.05) is 37.2 Å². The zero-order valence-corrected chi connectivity index (χ0v) is 17.0. The second-order valence-electron chi connectivity index (χ2n) is 6.35. The number of Topliss-reactive ketones (excluding diaryl/α,β-unsaturated/α-hetero) is 1. The minimum absolute atomic E-state index is 0.236. The maximum Gasteiger partial charge on any atom is 0.338 e. The van der Waals surface area contributed by atoms with Crippen LogP contribution in [0.25, 0.3) is 0 Å². The Morgan fingerprint density at radius 3 is 2.36 bits per heavy atom. The summed E-state index contributed by atoms with van der Waals surface area (Å²) in [5.41, 5.74) is 2.70. The highest BCUT2D eigenvalue weighted by Crippen LogP contribution is 2.27. The Bertz CT molecular complexity index is 840. The summed E-state index contributed by atoms with van der Waals surface area (Å²) in [6, 6.07) is 6.53. The van der Waals surface area contributed by atoms with Crippen LogP contribution in [0.15, 0.2) is 24.3 Å². The maximum absolute atomic E-state index is 12.6. The van der Waals surface area contributed by atoms with E-state index in [0.29, 0.717) is 23.7 Å². The van der Waals surface area contributed by atoms with Crippen molar-refractivity contribution in [2.45, 2.75) is 26.8 Å². The summed E-state index contributed by atoms with van der Waals surface area (Å²) in [6.07, 6.45) is 0.856. The van der Waals surface area contributed by atoms with E-state index >= 15 is 0 Å². The highest BCUT2D eigenvalue weighted by Gasteiger charge is 2.18. The molecule has 0 aliphatic heterocycles. The first-order chi connectivity index (χ1) is 13.4. The monoisotopic (exact) mass is 389 g/mol. The first-order valence-corrected chi connectivity index (χ1v) is 9.01. The molecule has 0 fully saturated rings. The van der Waals surface area contributed by atoms with Crippen molar-refractivity contribution in [1.29, 1.82) is 0 Å². The summed E-state index contributed by atoms with van der Waals surface area (Å²) >= 11 is 0. The molecule has 2 aromatic rings. The van der Waals surface area contributed by atoms with E-state index in [2.05, 4.69) is 4.57 Å². The molecule has 0 unspecified atom stereocenters. The maximum atomic E-state index is 12.6. The van der Waals surface area contributed by atoms with Crippen LogP contribution in [0.1, 0.15) is 38.5 Å². The molecule has 0 aliphatic carbocycles. The summed E-state index contributed by atoms with van der Waals surface area (Å²) in [5.74, 6) is 0.0991. The van der Waals surface area contributed by atoms with E-state index in [0.717, 1.165) is 24.4 Å². The normalized spacial score (nSPS) is 10.6. The van der Waals surface area contributed by atoms with Gasteiger partial charge in [-0.1, -0.05) is 0 Å². The first kappa shape index (κ1) is 21.5. The molecule has 0 saturated heterocycles. The van der Waals surface area contributed by atoms with E-state index in [9.17, 15) is 9.59 Å². The smallest absolute Gasteiger partial charge is 0.338 e. The van der Waals surface area contributed by atoms with Crippen molar-refractivity contribution in [3.8, 4) is 11.5 Å². The van der Waals surface area contributed by atoms with E-state index < -0.39 is 5.97 Å². The van der Waals surface area contributed by atoms with Crippen molar-refractivity contribution >= 4 is 11.8 Å². The van der Waals surface area contributed by atoms with Crippen molar-refractivity contribution in [3.63, 3.8) is 0 Å². The highest BCUT2D eigenvalue weighted by molar-refractivity contribution is 6.00.